The maximum absolute atomic E-state index is 14.2. The third kappa shape index (κ3) is 4.53. The van der Waals surface area contributed by atoms with Crippen LogP contribution in [0.2, 0.25) is 0 Å². The summed E-state index contributed by atoms with van der Waals surface area (Å²) in [6.45, 7) is 3.28. The van der Waals surface area contributed by atoms with Crippen LogP contribution in [0, 0.1) is 5.82 Å². The van der Waals surface area contributed by atoms with Crippen molar-refractivity contribution in [3.8, 4) is 0 Å². The van der Waals surface area contributed by atoms with Crippen LogP contribution < -0.4 is 10.0 Å². The van der Waals surface area contributed by atoms with Crippen LogP contribution >= 0.6 is 0 Å². The van der Waals surface area contributed by atoms with E-state index in [9.17, 15) is 26.0 Å². The second kappa shape index (κ2) is 8.05. The Morgan fingerprint density at radius 3 is 2.57 bits per heavy atom. The fourth-order valence-corrected chi connectivity index (χ4v) is 6.78. The van der Waals surface area contributed by atoms with Gasteiger partial charge in [0, 0.05) is 12.6 Å². The van der Waals surface area contributed by atoms with E-state index in [-0.39, 0.29) is 29.0 Å². The highest BCUT2D eigenvalue weighted by Crippen LogP contribution is 2.23. The van der Waals surface area contributed by atoms with Crippen molar-refractivity contribution in [2.45, 2.75) is 36.7 Å². The largest absolute Gasteiger partial charge is 0.347 e. The van der Waals surface area contributed by atoms with Crippen LogP contribution in [0.5, 0.6) is 0 Å². The average molecular weight is 434 g/mol. The molecular formula is C17H24FN3O5S2. The lowest BCUT2D eigenvalue weighted by molar-refractivity contribution is 0.0914. The quantitative estimate of drug-likeness (QED) is 0.659. The molecule has 0 saturated carbocycles. The molecule has 11 heteroatoms. The van der Waals surface area contributed by atoms with E-state index in [2.05, 4.69) is 10.0 Å². The number of rotatable bonds is 6. The number of likely N-dealkylation sites (tertiary alicyclic amines) is 1. The summed E-state index contributed by atoms with van der Waals surface area (Å²) in [6.07, 6.45) is 1.94. The van der Waals surface area contributed by atoms with Crippen LogP contribution in [0.4, 0.5) is 4.39 Å². The minimum atomic E-state index is -3.85. The number of carbonyl (C=O) groups excluding carboxylic acids is 1. The molecule has 28 heavy (non-hydrogen) atoms. The lowest BCUT2D eigenvalue weighted by Crippen LogP contribution is -2.50. The molecule has 3 rings (SSSR count). The summed E-state index contributed by atoms with van der Waals surface area (Å²) >= 11 is 0. The minimum Gasteiger partial charge on any atom is -0.347 e. The van der Waals surface area contributed by atoms with Crippen molar-refractivity contribution in [2.24, 2.45) is 0 Å². The van der Waals surface area contributed by atoms with Crippen molar-refractivity contribution >= 4 is 25.8 Å². The predicted octanol–water partition coefficient (Wildman–Crippen LogP) is 0.115. The molecule has 1 amide bonds. The number of carbonyl (C=O) groups is 1. The Bertz CT molecular complexity index is 959. The van der Waals surface area contributed by atoms with Gasteiger partial charge in [0.05, 0.1) is 28.0 Å². The Hall–Kier alpha value is -1.56. The molecule has 0 aliphatic carbocycles. The number of sulfone groups is 1. The van der Waals surface area contributed by atoms with Crippen molar-refractivity contribution in [3.63, 3.8) is 0 Å². The van der Waals surface area contributed by atoms with Gasteiger partial charge in [0.2, 0.25) is 10.0 Å². The Morgan fingerprint density at radius 2 is 1.93 bits per heavy atom. The zero-order valence-corrected chi connectivity index (χ0v) is 17.2. The summed E-state index contributed by atoms with van der Waals surface area (Å²) < 4.78 is 65.0. The first kappa shape index (κ1) is 21.2. The third-order valence-electron chi connectivity index (χ3n) is 5.08. The van der Waals surface area contributed by atoms with Gasteiger partial charge in [0.15, 0.2) is 9.84 Å². The van der Waals surface area contributed by atoms with Crippen molar-refractivity contribution in [1.29, 1.82) is 0 Å². The Balaban J connectivity index is 1.83. The van der Waals surface area contributed by atoms with E-state index < -0.39 is 43.2 Å². The summed E-state index contributed by atoms with van der Waals surface area (Å²) in [5.74, 6) is -1.95. The second-order valence-corrected chi connectivity index (χ2v) is 11.0. The zero-order chi connectivity index (χ0) is 20.5. The maximum atomic E-state index is 14.2. The summed E-state index contributed by atoms with van der Waals surface area (Å²) in [5.41, 5.74) is -0.427. The smallest absolute Gasteiger partial charge is 0.254 e. The Labute approximate surface area is 164 Å². The lowest BCUT2D eigenvalue weighted by atomic mass is 10.1. The van der Waals surface area contributed by atoms with Crippen LogP contribution in [0.25, 0.3) is 0 Å². The van der Waals surface area contributed by atoms with Crippen molar-refractivity contribution < 1.29 is 26.0 Å². The van der Waals surface area contributed by atoms with Crippen molar-refractivity contribution in [1.82, 2.24) is 14.9 Å². The van der Waals surface area contributed by atoms with Crippen LogP contribution in [0.3, 0.4) is 0 Å². The molecule has 0 radical (unpaired) electrons. The van der Waals surface area contributed by atoms with E-state index in [0.717, 1.165) is 44.1 Å². The molecule has 2 N–H and O–H groups in total. The first-order valence-corrected chi connectivity index (χ1v) is 12.5. The lowest BCUT2D eigenvalue weighted by Gasteiger charge is -2.28. The molecule has 2 aliphatic heterocycles. The van der Waals surface area contributed by atoms with E-state index in [1.165, 1.54) is 0 Å². The Morgan fingerprint density at radius 1 is 1.25 bits per heavy atom. The number of nitrogens with one attached hydrogen (secondary N) is 2. The molecule has 2 saturated heterocycles. The summed E-state index contributed by atoms with van der Waals surface area (Å²) in [5, 5.41) is 2.61. The number of nitrogens with zero attached hydrogens (tertiary/aromatic N) is 1. The molecule has 1 aromatic carbocycles. The monoisotopic (exact) mass is 433 g/mol. The molecule has 2 aliphatic rings. The fraction of sp³-hybridized carbons (Fsp3) is 0.588. The molecule has 2 atom stereocenters. The molecule has 156 valence electrons. The standard InChI is InChI=1S/C17H24FN3O5S2/c1-2-19-28(25,26)12-5-6-14(18)13(9-12)17(22)20-15-10-27(23,24)11-16(15)21-7-3-4-8-21/h5-6,9,15-16,19H,2-4,7-8,10-11H2,1H3,(H,20,22). The molecular weight excluding hydrogens is 409 g/mol. The van der Waals surface area contributed by atoms with E-state index >= 15 is 0 Å². The van der Waals surface area contributed by atoms with Gasteiger partial charge in [-0.2, -0.15) is 0 Å². The second-order valence-electron chi connectivity index (χ2n) is 7.11. The number of sulfonamides is 1. The zero-order valence-electron chi connectivity index (χ0n) is 15.5. The number of hydrogen-bond donors (Lipinski definition) is 2. The molecule has 1 aromatic rings. The fourth-order valence-electron chi connectivity index (χ4n) is 3.77. The van der Waals surface area contributed by atoms with Crippen LogP contribution in [0.1, 0.15) is 30.1 Å². The minimum absolute atomic E-state index is 0.0464. The van der Waals surface area contributed by atoms with Crippen LogP contribution in [-0.4, -0.2) is 70.9 Å². The first-order chi connectivity index (χ1) is 13.1. The van der Waals surface area contributed by atoms with Crippen LogP contribution in [0.15, 0.2) is 23.1 Å². The highest BCUT2D eigenvalue weighted by molar-refractivity contribution is 7.91. The van der Waals surface area contributed by atoms with E-state index in [0.29, 0.717) is 0 Å². The SMILES string of the molecule is CCNS(=O)(=O)c1ccc(F)c(C(=O)NC2CS(=O)(=O)CC2N2CCCC2)c1. The van der Waals surface area contributed by atoms with Crippen molar-refractivity contribution in [3.05, 3.63) is 29.6 Å². The van der Waals surface area contributed by atoms with E-state index in [4.69, 9.17) is 0 Å². The summed E-state index contributed by atoms with van der Waals surface area (Å²) in [4.78, 5) is 14.5. The molecule has 0 spiro atoms. The first-order valence-electron chi connectivity index (χ1n) is 9.17. The van der Waals surface area contributed by atoms with Crippen LogP contribution in [-0.2, 0) is 19.9 Å². The molecule has 0 aromatic heterocycles. The number of benzene rings is 1. The van der Waals surface area contributed by atoms with Gasteiger partial charge in [-0.05, 0) is 44.1 Å². The topological polar surface area (TPSA) is 113 Å². The average Bonchev–Trinajstić information content (AvgIpc) is 3.22. The molecule has 2 heterocycles. The van der Waals surface area contributed by atoms with Gasteiger partial charge in [-0.15, -0.1) is 0 Å². The van der Waals surface area contributed by atoms with Gasteiger partial charge in [0.1, 0.15) is 5.82 Å². The number of amides is 1. The van der Waals surface area contributed by atoms with Gasteiger partial charge >= 0.3 is 0 Å². The molecule has 8 nitrogen and oxygen atoms in total. The molecule has 2 fully saturated rings. The highest BCUT2D eigenvalue weighted by Gasteiger charge is 2.42. The van der Waals surface area contributed by atoms with Gasteiger partial charge in [-0.3, -0.25) is 9.69 Å². The van der Waals surface area contributed by atoms with Gasteiger partial charge < -0.3 is 5.32 Å². The van der Waals surface area contributed by atoms with Gasteiger partial charge in [0.25, 0.3) is 5.91 Å². The van der Waals surface area contributed by atoms with E-state index in [1.54, 1.807) is 6.92 Å². The molecule has 0 bridgehead atoms. The summed E-state index contributed by atoms with van der Waals surface area (Å²) in [7, 11) is -7.17. The van der Waals surface area contributed by atoms with Gasteiger partial charge in [-0.1, -0.05) is 6.92 Å². The van der Waals surface area contributed by atoms with Crippen molar-refractivity contribution in [2.75, 3.05) is 31.1 Å². The van der Waals surface area contributed by atoms with E-state index in [1.807, 2.05) is 4.90 Å². The predicted molar refractivity (Wildman–Crippen MR) is 102 cm³/mol. The third-order valence-corrected chi connectivity index (χ3v) is 8.34. The number of hydrogen-bond acceptors (Lipinski definition) is 6. The molecule has 2 unspecified atom stereocenters. The number of halogens is 1. The normalized spacial score (nSPS) is 25.1. The Kier molecular flexibility index (Phi) is 6.08. The van der Waals surface area contributed by atoms with Gasteiger partial charge in [-0.25, -0.2) is 25.9 Å². The maximum Gasteiger partial charge on any atom is 0.254 e. The highest BCUT2D eigenvalue weighted by atomic mass is 32.2. The summed E-state index contributed by atoms with van der Waals surface area (Å²) in [6, 6.07) is 1.95.